The molecule has 0 saturated heterocycles. The molecule has 0 bridgehead atoms. The van der Waals surface area contributed by atoms with Gasteiger partial charge >= 0.3 is 11.9 Å². The summed E-state index contributed by atoms with van der Waals surface area (Å²) < 4.78 is 9.21. The molecule has 4 nitrogen and oxygen atoms in total. The van der Waals surface area contributed by atoms with E-state index in [9.17, 15) is 9.59 Å². The molecule has 0 aliphatic heterocycles. The second kappa shape index (κ2) is 9.96. The maximum Gasteiger partial charge on any atom is 0.333 e. The molecule has 0 N–H and O–H groups in total. The first kappa shape index (κ1) is 16.8. The second-order valence-corrected chi connectivity index (χ2v) is 3.19. The molecule has 0 aromatic heterocycles. The Hall–Kier alpha value is -1.58. The first-order valence-electron chi connectivity index (χ1n) is 5.00. The van der Waals surface area contributed by atoms with Crippen molar-refractivity contribution in [2.75, 3.05) is 6.61 Å². The lowest BCUT2D eigenvalue weighted by Crippen LogP contribution is -2.11. The van der Waals surface area contributed by atoms with E-state index in [-0.39, 0.29) is 18.0 Å². The Morgan fingerprint density at radius 2 is 1.88 bits per heavy atom. The van der Waals surface area contributed by atoms with Crippen LogP contribution in [-0.2, 0) is 19.1 Å². The average Bonchev–Trinajstić information content (AvgIpc) is 2.18. The minimum Gasteiger partial charge on any atom is -0.463 e. The van der Waals surface area contributed by atoms with E-state index in [1.807, 2.05) is 0 Å². The van der Waals surface area contributed by atoms with E-state index in [1.165, 1.54) is 0 Å². The zero-order chi connectivity index (χ0) is 13.1. The smallest absolute Gasteiger partial charge is 0.333 e. The van der Waals surface area contributed by atoms with E-state index in [0.717, 1.165) is 6.08 Å². The summed E-state index contributed by atoms with van der Waals surface area (Å²) in [5.41, 5.74) is 0.448. The van der Waals surface area contributed by atoms with Crippen LogP contribution < -0.4 is 0 Å². The standard InChI is InChI=1S/C7H12O2.C5H8O2/c1-5(2)7(8)9-6(3)4;1-3-5(6)7-4-2/h6H,1H2,2-4H3;3H,1,4H2,2H3. The topological polar surface area (TPSA) is 52.6 Å². The second-order valence-electron chi connectivity index (χ2n) is 3.19. The summed E-state index contributed by atoms with van der Waals surface area (Å²) in [4.78, 5) is 20.7. The van der Waals surface area contributed by atoms with Gasteiger partial charge in [-0.05, 0) is 27.7 Å². The molecule has 0 spiro atoms. The third kappa shape index (κ3) is 12.4. The number of esters is 2. The summed E-state index contributed by atoms with van der Waals surface area (Å²) in [5.74, 6) is -0.674. The van der Waals surface area contributed by atoms with Crippen LogP contribution in [0.15, 0.2) is 24.8 Å². The monoisotopic (exact) mass is 228 g/mol. The van der Waals surface area contributed by atoms with Crippen molar-refractivity contribution < 1.29 is 19.1 Å². The molecule has 0 saturated carbocycles. The van der Waals surface area contributed by atoms with Crippen molar-refractivity contribution in [1.29, 1.82) is 0 Å². The molecule has 16 heavy (non-hydrogen) atoms. The van der Waals surface area contributed by atoms with Crippen molar-refractivity contribution in [3.63, 3.8) is 0 Å². The van der Waals surface area contributed by atoms with E-state index in [0.29, 0.717) is 12.2 Å². The summed E-state index contributed by atoms with van der Waals surface area (Å²) >= 11 is 0. The third-order valence-corrected chi connectivity index (χ3v) is 1.14. The maximum absolute atomic E-state index is 10.6. The summed E-state index contributed by atoms with van der Waals surface area (Å²) in [6.45, 7) is 14.1. The number of ether oxygens (including phenoxy) is 2. The highest BCUT2D eigenvalue weighted by Gasteiger charge is 2.03. The Balaban J connectivity index is 0. The maximum atomic E-state index is 10.6. The number of hydrogen-bond acceptors (Lipinski definition) is 4. The lowest BCUT2D eigenvalue weighted by Gasteiger charge is -2.05. The van der Waals surface area contributed by atoms with Gasteiger partial charge in [-0.2, -0.15) is 0 Å². The first-order valence-corrected chi connectivity index (χ1v) is 5.00. The zero-order valence-corrected chi connectivity index (χ0v) is 10.4. The highest BCUT2D eigenvalue weighted by Crippen LogP contribution is 1.95. The fourth-order valence-corrected chi connectivity index (χ4v) is 0.516. The third-order valence-electron chi connectivity index (χ3n) is 1.14. The Bertz CT molecular complexity index is 254. The Kier molecular flexibility index (Phi) is 10.5. The molecule has 0 aromatic rings. The summed E-state index contributed by atoms with van der Waals surface area (Å²) in [6, 6.07) is 0. The summed E-state index contributed by atoms with van der Waals surface area (Å²) in [6.07, 6.45) is 1.10. The molecule has 0 rings (SSSR count). The molecule has 0 amide bonds. The minimum absolute atomic E-state index is 0.0470. The van der Waals surface area contributed by atoms with Gasteiger partial charge in [-0.25, -0.2) is 9.59 Å². The molecule has 0 fully saturated rings. The number of carbonyl (C=O) groups is 2. The fraction of sp³-hybridized carbons (Fsp3) is 0.500. The van der Waals surface area contributed by atoms with Crippen molar-refractivity contribution >= 4 is 11.9 Å². The zero-order valence-electron chi connectivity index (χ0n) is 10.4. The van der Waals surface area contributed by atoms with E-state index >= 15 is 0 Å². The Labute approximate surface area is 96.9 Å². The average molecular weight is 228 g/mol. The molecular formula is C12H20O4. The molecular weight excluding hydrogens is 208 g/mol. The first-order chi connectivity index (χ1) is 7.34. The predicted molar refractivity (Wildman–Crippen MR) is 62.9 cm³/mol. The summed E-state index contributed by atoms with van der Waals surface area (Å²) in [7, 11) is 0. The number of carbonyl (C=O) groups excluding carboxylic acids is 2. The van der Waals surface area contributed by atoms with Crippen molar-refractivity contribution in [2.24, 2.45) is 0 Å². The molecule has 0 aromatic carbocycles. The lowest BCUT2D eigenvalue weighted by molar-refractivity contribution is -0.142. The van der Waals surface area contributed by atoms with Gasteiger partial charge in [-0.1, -0.05) is 13.2 Å². The van der Waals surface area contributed by atoms with E-state index in [1.54, 1.807) is 27.7 Å². The van der Waals surface area contributed by atoms with Crippen molar-refractivity contribution in [3.8, 4) is 0 Å². The molecule has 0 radical (unpaired) electrons. The number of hydrogen-bond donors (Lipinski definition) is 0. The molecule has 0 atom stereocenters. The highest BCUT2D eigenvalue weighted by atomic mass is 16.5. The van der Waals surface area contributed by atoms with Gasteiger partial charge in [0.15, 0.2) is 0 Å². The molecule has 4 heteroatoms. The van der Waals surface area contributed by atoms with E-state index in [4.69, 9.17) is 4.74 Å². The number of rotatable bonds is 4. The quantitative estimate of drug-likeness (QED) is 0.547. The van der Waals surface area contributed by atoms with Crippen molar-refractivity contribution in [1.82, 2.24) is 0 Å². The predicted octanol–water partition coefficient (Wildman–Crippen LogP) is 2.25. The molecule has 0 heterocycles. The Morgan fingerprint density at radius 1 is 1.38 bits per heavy atom. The van der Waals surface area contributed by atoms with Crippen LogP contribution in [0.25, 0.3) is 0 Å². The van der Waals surface area contributed by atoms with Gasteiger partial charge in [0.2, 0.25) is 0 Å². The molecule has 0 aliphatic rings. The van der Waals surface area contributed by atoms with Gasteiger partial charge < -0.3 is 9.47 Å². The highest BCUT2D eigenvalue weighted by molar-refractivity contribution is 5.87. The van der Waals surface area contributed by atoms with E-state index in [2.05, 4.69) is 17.9 Å². The van der Waals surface area contributed by atoms with Gasteiger partial charge in [0, 0.05) is 11.6 Å². The molecule has 0 aliphatic carbocycles. The van der Waals surface area contributed by atoms with Crippen LogP contribution in [0.5, 0.6) is 0 Å². The van der Waals surface area contributed by atoms with Crippen LogP contribution in [0.2, 0.25) is 0 Å². The van der Waals surface area contributed by atoms with Gasteiger partial charge in [0.1, 0.15) is 0 Å². The fourth-order valence-electron chi connectivity index (χ4n) is 0.516. The lowest BCUT2D eigenvalue weighted by atomic mass is 10.3. The van der Waals surface area contributed by atoms with Gasteiger partial charge in [-0.15, -0.1) is 0 Å². The largest absolute Gasteiger partial charge is 0.463 e. The van der Waals surface area contributed by atoms with Crippen LogP contribution in [0.1, 0.15) is 27.7 Å². The van der Waals surface area contributed by atoms with Crippen molar-refractivity contribution in [2.45, 2.75) is 33.8 Å². The minimum atomic E-state index is -0.359. The van der Waals surface area contributed by atoms with E-state index < -0.39 is 0 Å². The van der Waals surface area contributed by atoms with Crippen LogP contribution >= 0.6 is 0 Å². The van der Waals surface area contributed by atoms with Gasteiger partial charge in [0.05, 0.1) is 12.7 Å². The van der Waals surface area contributed by atoms with Crippen LogP contribution in [0.3, 0.4) is 0 Å². The van der Waals surface area contributed by atoms with Crippen LogP contribution in [0.4, 0.5) is 0 Å². The molecule has 92 valence electrons. The Morgan fingerprint density at radius 3 is 2.00 bits per heavy atom. The van der Waals surface area contributed by atoms with Gasteiger partial charge in [0.25, 0.3) is 0 Å². The molecule has 0 unspecified atom stereocenters. The normalized spacial score (nSPS) is 8.56. The van der Waals surface area contributed by atoms with Crippen molar-refractivity contribution in [3.05, 3.63) is 24.8 Å². The van der Waals surface area contributed by atoms with Gasteiger partial charge in [-0.3, -0.25) is 0 Å². The van der Waals surface area contributed by atoms with Crippen LogP contribution in [-0.4, -0.2) is 24.6 Å². The SMILES string of the molecule is C=C(C)C(=O)OC(C)C.C=CC(=O)OCC. The summed E-state index contributed by atoms with van der Waals surface area (Å²) in [5, 5.41) is 0. The van der Waals surface area contributed by atoms with Crippen LogP contribution in [0, 0.1) is 0 Å².